The van der Waals surface area contributed by atoms with Crippen molar-refractivity contribution in [2.75, 3.05) is 6.26 Å². The van der Waals surface area contributed by atoms with Gasteiger partial charge < -0.3 is 8.84 Å². The third-order valence-electron chi connectivity index (χ3n) is 4.82. The predicted molar refractivity (Wildman–Crippen MR) is 106 cm³/mol. The van der Waals surface area contributed by atoms with Crippen LogP contribution in [0.1, 0.15) is 18.9 Å². The van der Waals surface area contributed by atoms with Gasteiger partial charge in [0, 0.05) is 12.8 Å². The number of ketones is 1. The lowest BCUT2D eigenvalue weighted by Crippen LogP contribution is -2.67. The number of β-lactam (4-membered cyclic amide) rings is 1. The molecule has 1 aromatic rings. The van der Waals surface area contributed by atoms with Crippen LogP contribution in [0.3, 0.4) is 0 Å². The lowest BCUT2D eigenvalue weighted by atomic mass is 9.89. The van der Waals surface area contributed by atoms with E-state index >= 15 is 0 Å². The molecule has 158 valence electrons. The number of carbonyl (C=O) groups is 3. The Labute approximate surface area is 177 Å². The van der Waals surface area contributed by atoms with Crippen molar-refractivity contribution >= 4 is 46.6 Å². The Bertz CT molecular complexity index is 1050. The molecule has 0 aromatic heterocycles. The number of carbonyl (C=O) groups excluding carboxylic acids is 3. The molecule has 2 aliphatic rings. The number of Topliss-reactive ketones (excluding diaryl/α,β-unsaturated/α-hetero) is 1. The van der Waals surface area contributed by atoms with Gasteiger partial charge in [0.15, 0.2) is 11.5 Å². The topological polar surface area (TPSA) is 124 Å². The van der Waals surface area contributed by atoms with Gasteiger partial charge in [0.2, 0.25) is 5.91 Å². The van der Waals surface area contributed by atoms with E-state index < -0.39 is 60.8 Å². The average Bonchev–Trinajstić information content (AvgIpc) is 2.69. The summed E-state index contributed by atoms with van der Waals surface area (Å²) in [5, 5.41) is -2.04. The second kappa shape index (κ2) is 8.34. The maximum Gasteiger partial charge on any atom is 0.378 e. The summed E-state index contributed by atoms with van der Waals surface area (Å²) < 4.78 is 45.2. The molecular formula is C18H18BNO8S2. The van der Waals surface area contributed by atoms with Crippen molar-refractivity contribution in [3.63, 3.8) is 0 Å². The van der Waals surface area contributed by atoms with Crippen molar-refractivity contribution in [3.8, 4) is 0 Å². The lowest BCUT2D eigenvalue weighted by Gasteiger charge is -2.50. The van der Waals surface area contributed by atoms with Gasteiger partial charge in [-0.05, 0) is 12.5 Å². The van der Waals surface area contributed by atoms with E-state index in [1.807, 2.05) is 6.07 Å². The Kier molecular flexibility index (Phi) is 6.18. The van der Waals surface area contributed by atoms with Crippen LogP contribution in [-0.4, -0.2) is 60.1 Å². The Morgan fingerprint density at radius 2 is 1.87 bits per heavy atom. The van der Waals surface area contributed by atoms with Crippen LogP contribution in [0, 0.1) is 5.92 Å². The molecule has 2 aliphatic heterocycles. The molecule has 9 nitrogen and oxygen atoms in total. The first-order valence-electron chi connectivity index (χ1n) is 8.88. The van der Waals surface area contributed by atoms with Crippen molar-refractivity contribution < 1.29 is 35.8 Å². The van der Waals surface area contributed by atoms with Crippen molar-refractivity contribution in [1.29, 1.82) is 0 Å². The maximum atomic E-state index is 12.9. The highest BCUT2D eigenvalue weighted by Gasteiger charge is 2.59. The number of benzene rings is 1. The van der Waals surface area contributed by atoms with Crippen molar-refractivity contribution in [2.24, 2.45) is 5.92 Å². The zero-order valence-corrected chi connectivity index (χ0v) is 17.8. The van der Waals surface area contributed by atoms with Gasteiger partial charge in [-0.1, -0.05) is 30.3 Å². The van der Waals surface area contributed by atoms with Crippen molar-refractivity contribution in [3.05, 3.63) is 47.4 Å². The van der Waals surface area contributed by atoms with E-state index in [1.165, 1.54) is 6.92 Å². The zero-order valence-electron chi connectivity index (χ0n) is 16.1. The Morgan fingerprint density at radius 3 is 2.43 bits per heavy atom. The van der Waals surface area contributed by atoms with E-state index in [4.69, 9.17) is 12.2 Å². The summed E-state index contributed by atoms with van der Waals surface area (Å²) in [5.74, 6) is -3.48. The summed E-state index contributed by atoms with van der Waals surface area (Å²) in [6.45, 7) is 1.39. The zero-order chi connectivity index (χ0) is 22.2. The van der Waals surface area contributed by atoms with Gasteiger partial charge in [-0.15, -0.1) is 0 Å². The molecule has 1 aromatic carbocycles. The minimum atomic E-state index is -4.09. The van der Waals surface area contributed by atoms with E-state index in [9.17, 15) is 27.0 Å². The van der Waals surface area contributed by atoms with Gasteiger partial charge in [0.25, 0.3) is 0 Å². The van der Waals surface area contributed by atoms with Gasteiger partial charge in [-0.3, -0.25) is 18.7 Å². The number of rotatable bonds is 7. The van der Waals surface area contributed by atoms with E-state index in [2.05, 4.69) is 4.65 Å². The third-order valence-corrected chi connectivity index (χ3v) is 7.23. The van der Waals surface area contributed by atoms with Crippen LogP contribution in [0.5, 0.6) is 0 Å². The molecule has 2 heterocycles. The molecule has 0 unspecified atom stereocenters. The van der Waals surface area contributed by atoms with Gasteiger partial charge in [0.05, 0.1) is 28.2 Å². The molecule has 0 spiro atoms. The largest absolute Gasteiger partial charge is 0.539 e. The third kappa shape index (κ3) is 4.19. The highest BCUT2D eigenvalue weighted by Crippen LogP contribution is 2.43. The summed E-state index contributed by atoms with van der Waals surface area (Å²) in [5.41, 5.74) is 0.261. The van der Waals surface area contributed by atoms with Gasteiger partial charge in [0.1, 0.15) is 11.2 Å². The molecule has 2 radical (unpaired) electrons. The number of hydrogen-bond acceptors (Lipinski definition) is 8. The van der Waals surface area contributed by atoms with Crippen molar-refractivity contribution in [1.82, 2.24) is 4.90 Å². The first kappa shape index (κ1) is 22.2. The Balaban J connectivity index is 1.88. The number of fused-ring (bicyclic) bond motifs is 1. The lowest BCUT2D eigenvalue weighted by molar-refractivity contribution is -0.153. The fourth-order valence-corrected chi connectivity index (χ4v) is 5.86. The summed E-state index contributed by atoms with van der Waals surface area (Å²) in [4.78, 5) is 38.2. The first-order valence-corrected chi connectivity index (χ1v) is 12.0. The molecular weight excluding hydrogens is 433 g/mol. The first-order chi connectivity index (χ1) is 14.0. The molecule has 12 heteroatoms. The minimum absolute atomic E-state index is 0.107. The highest BCUT2D eigenvalue weighted by molar-refractivity contribution is 7.87. The molecule has 1 amide bonds. The molecule has 30 heavy (non-hydrogen) atoms. The van der Waals surface area contributed by atoms with Crippen LogP contribution < -0.4 is 0 Å². The molecule has 4 atom stereocenters. The minimum Gasteiger partial charge on any atom is -0.539 e. The van der Waals surface area contributed by atoms with Gasteiger partial charge in [-0.25, -0.2) is 4.79 Å². The van der Waals surface area contributed by atoms with Crippen LogP contribution in [0.15, 0.2) is 41.8 Å². The van der Waals surface area contributed by atoms with Crippen molar-refractivity contribution in [2.45, 2.75) is 30.4 Å². The van der Waals surface area contributed by atoms with E-state index in [1.54, 1.807) is 24.3 Å². The van der Waals surface area contributed by atoms with E-state index in [0.717, 1.165) is 16.7 Å². The summed E-state index contributed by atoms with van der Waals surface area (Å²) >= 11 is 0. The molecule has 0 aliphatic carbocycles. The quantitative estimate of drug-likeness (QED) is 0.321. The molecule has 0 N–H and O–H groups in total. The standard InChI is InChI=1S/C18H18BNO8S2/c1-10-15(28-30(2,25)26)14(18(23)27-19)20-16(22)13(17(20)29(10)24)9-12(21)8-11-6-4-3-5-7-11/h3-7,10,13,17H,8-9H2,1-2H3/t10-,13+,17+,29-/m0/s1. The Hall–Kier alpha value is -2.47. The number of amides is 1. The Morgan fingerprint density at radius 1 is 1.23 bits per heavy atom. The second-order valence-electron chi connectivity index (χ2n) is 6.99. The number of hydrogen-bond donors (Lipinski definition) is 0. The van der Waals surface area contributed by atoms with Crippen LogP contribution in [0.2, 0.25) is 0 Å². The van der Waals surface area contributed by atoms with E-state index in [0.29, 0.717) is 0 Å². The fraction of sp³-hybridized carbons (Fsp3) is 0.389. The number of nitrogens with zero attached hydrogens (tertiary/aromatic N) is 1. The SMILES string of the molecule is [B]OC(=O)C1=C(OS(C)(=O)=O)[C@H](C)[S@](=O)[C@@H]2[C@H](CC(=O)Cc3ccccc3)C(=O)N12. The summed E-state index contributed by atoms with van der Waals surface area (Å²) in [6, 6.07) is 8.94. The maximum absolute atomic E-state index is 12.9. The highest BCUT2D eigenvalue weighted by atomic mass is 32.2. The normalized spacial score (nSPS) is 25.9. The molecule has 1 saturated heterocycles. The fourth-order valence-electron chi connectivity index (χ4n) is 3.51. The van der Waals surface area contributed by atoms with Crippen LogP contribution >= 0.6 is 0 Å². The van der Waals surface area contributed by atoms with Gasteiger partial charge >= 0.3 is 24.1 Å². The van der Waals surface area contributed by atoms with Crippen LogP contribution in [0.25, 0.3) is 0 Å². The molecule has 3 rings (SSSR count). The smallest absolute Gasteiger partial charge is 0.378 e. The summed E-state index contributed by atoms with van der Waals surface area (Å²) in [7, 11) is -0.992. The molecule has 0 saturated carbocycles. The van der Waals surface area contributed by atoms with Crippen LogP contribution in [-0.2, 0) is 50.6 Å². The summed E-state index contributed by atoms with van der Waals surface area (Å²) in [6.07, 6.45) is 0.687. The predicted octanol–water partition coefficient (Wildman–Crippen LogP) is -0.0619. The molecule has 1 fully saturated rings. The monoisotopic (exact) mass is 451 g/mol. The van der Waals surface area contributed by atoms with E-state index in [-0.39, 0.29) is 18.6 Å². The molecule has 0 bridgehead atoms. The van der Waals surface area contributed by atoms with Crippen LogP contribution in [0.4, 0.5) is 0 Å². The second-order valence-corrected chi connectivity index (χ2v) is 10.4. The van der Waals surface area contributed by atoms with Gasteiger partial charge in [-0.2, -0.15) is 8.42 Å². The average molecular weight is 451 g/mol.